The second kappa shape index (κ2) is 3.35. The molecule has 1 unspecified atom stereocenters. The van der Waals surface area contributed by atoms with Gasteiger partial charge in [-0.3, -0.25) is 0 Å². The highest BCUT2D eigenvalue weighted by Gasteiger charge is 2.67. The van der Waals surface area contributed by atoms with Crippen LogP contribution in [0.5, 0.6) is 0 Å². The molecule has 2 aliphatic rings. The molecule has 0 aliphatic heterocycles. The van der Waals surface area contributed by atoms with Crippen LogP contribution < -0.4 is 0 Å². The van der Waals surface area contributed by atoms with Crippen LogP contribution in [-0.4, -0.2) is 11.2 Å². The summed E-state index contributed by atoms with van der Waals surface area (Å²) in [7, 11) is 0. The Labute approximate surface area is 93.6 Å². The quantitative estimate of drug-likeness (QED) is 0.688. The number of hydrogen-bond donors (Lipinski definition) is 1. The van der Waals surface area contributed by atoms with E-state index in [1.54, 1.807) is 0 Å². The molecule has 2 rings (SSSR count). The maximum atomic E-state index is 10.4. The summed E-state index contributed by atoms with van der Waals surface area (Å²) < 4.78 is 0. The number of rotatable bonds is 2. The van der Waals surface area contributed by atoms with Crippen LogP contribution in [0.1, 0.15) is 53.4 Å². The van der Waals surface area contributed by atoms with Gasteiger partial charge in [-0.1, -0.05) is 33.8 Å². The van der Waals surface area contributed by atoms with Crippen LogP contribution >= 0.6 is 0 Å². The lowest BCUT2D eigenvalue weighted by Gasteiger charge is -2.20. The number of aliphatic hydroxyl groups is 1. The molecule has 86 valence electrons. The fourth-order valence-corrected chi connectivity index (χ4v) is 3.38. The van der Waals surface area contributed by atoms with Gasteiger partial charge in [0.25, 0.3) is 0 Å². The molecule has 1 fully saturated rings. The lowest BCUT2D eigenvalue weighted by molar-refractivity contribution is 0.158. The summed E-state index contributed by atoms with van der Waals surface area (Å²) in [6.45, 7) is 9.13. The zero-order valence-electron chi connectivity index (χ0n) is 10.5. The predicted molar refractivity (Wildman–Crippen MR) is 63.6 cm³/mol. The van der Waals surface area contributed by atoms with Gasteiger partial charge in [-0.15, -0.1) is 0 Å². The molecular formula is C14H24O. The van der Waals surface area contributed by atoms with E-state index in [-0.39, 0.29) is 6.10 Å². The maximum Gasteiger partial charge on any atom is 0.0788 e. The van der Waals surface area contributed by atoms with Gasteiger partial charge in [0.2, 0.25) is 0 Å². The molecule has 0 heterocycles. The lowest BCUT2D eigenvalue weighted by Crippen LogP contribution is -2.18. The Hall–Kier alpha value is -0.300. The number of aliphatic hydroxyl groups excluding tert-OH is 1. The van der Waals surface area contributed by atoms with Gasteiger partial charge in [-0.25, -0.2) is 0 Å². The first kappa shape index (κ1) is 11.2. The Bertz CT molecular complexity index is 272. The predicted octanol–water partition coefficient (Wildman–Crippen LogP) is 3.53. The Morgan fingerprint density at radius 3 is 2.20 bits per heavy atom. The van der Waals surface area contributed by atoms with E-state index in [0.29, 0.717) is 16.7 Å². The smallest absolute Gasteiger partial charge is 0.0788 e. The Morgan fingerprint density at radius 2 is 1.80 bits per heavy atom. The molecule has 0 bridgehead atoms. The minimum absolute atomic E-state index is 0.185. The zero-order valence-corrected chi connectivity index (χ0v) is 10.5. The molecule has 1 heteroatoms. The zero-order chi connectivity index (χ0) is 11.3. The normalized spacial score (nSPS) is 30.9. The van der Waals surface area contributed by atoms with Crippen molar-refractivity contribution < 1.29 is 5.11 Å². The van der Waals surface area contributed by atoms with Gasteiger partial charge in [0, 0.05) is 0 Å². The molecule has 0 radical (unpaired) electrons. The lowest BCUT2D eigenvalue weighted by atomic mass is 9.90. The van der Waals surface area contributed by atoms with Crippen molar-refractivity contribution in [2.45, 2.75) is 59.5 Å². The third-order valence-corrected chi connectivity index (χ3v) is 5.15. The molecule has 15 heavy (non-hydrogen) atoms. The van der Waals surface area contributed by atoms with Gasteiger partial charge in [-0.05, 0) is 48.0 Å². The molecular weight excluding hydrogens is 184 g/mol. The second-order valence-electron chi connectivity index (χ2n) is 6.39. The highest BCUT2D eigenvalue weighted by molar-refractivity contribution is 5.24. The van der Waals surface area contributed by atoms with E-state index >= 15 is 0 Å². The molecule has 0 aromatic carbocycles. The number of allylic oxidation sites excluding steroid dienone is 1. The summed E-state index contributed by atoms with van der Waals surface area (Å²) in [5.74, 6) is 0.453. The first-order chi connectivity index (χ1) is 6.89. The standard InChI is InChI=1S/C14H24O/c1-13(2)12(14(13,3)4)11(15)10-8-6-5-7-9-10/h8,11-12,15H,5-7,9H2,1-4H3. The van der Waals surface area contributed by atoms with Crippen molar-refractivity contribution in [2.75, 3.05) is 0 Å². The summed E-state index contributed by atoms with van der Waals surface area (Å²) >= 11 is 0. The first-order valence-electron chi connectivity index (χ1n) is 6.26. The van der Waals surface area contributed by atoms with Crippen molar-refractivity contribution in [3.63, 3.8) is 0 Å². The Kier molecular flexibility index (Phi) is 2.50. The van der Waals surface area contributed by atoms with Crippen LogP contribution in [0.15, 0.2) is 11.6 Å². The van der Waals surface area contributed by atoms with Crippen molar-refractivity contribution >= 4 is 0 Å². The summed E-state index contributed by atoms with van der Waals surface area (Å²) in [6.07, 6.45) is 6.93. The molecule has 0 spiro atoms. The minimum Gasteiger partial charge on any atom is -0.388 e. The summed E-state index contributed by atoms with van der Waals surface area (Å²) in [5.41, 5.74) is 1.90. The Morgan fingerprint density at radius 1 is 1.20 bits per heavy atom. The molecule has 0 aromatic rings. The highest BCUT2D eigenvalue weighted by Crippen LogP contribution is 2.70. The van der Waals surface area contributed by atoms with E-state index in [9.17, 15) is 5.11 Å². The molecule has 1 nitrogen and oxygen atoms in total. The third-order valence-electron chi connectivity index (χ3n) is 5.15. The van der Waals surface area contributed by atoms with E-state index in [0.717, 1.165) is 6.42 Å². The largest absolute Gasteiger partial charge is 0.388 e. The average molecular weight is 208 g/mol. The SMILES string of the molecule is CC1(C)C(C(O)C2=CCCCC2)C1(C)C. The van der Waals surface area contributed by atoms with E-state index < -0.39 is 0 Å². The molecule has 0 amide bonds. The van der Waals surface area contributed by atoms with Crippen molar-refractivity contribution in [2.24, 2.45) is 16.7 Å². The number of hydrogen-bond acceptors (Lipinski definition) is 1. The van der Waals surface area contributed by atoms with E-state index in [4.69, 9.17) is 0 Å². The van der Waals surface area contributed by atoms with Crippen molar-refractivity contribution in [1.82, 2.24) is 0 Å². The van der Waals surface area contributed by atoms with E-state index in [1.807, 2.05) is 0 Å². The molecule has 0 aromatic heterocycles. The van der Waals surface area contributed by atoms with Gasteiger partial charge in [0.15, 0.2) is 0 Å². The molecule has 1 saturated carbocycles. The van der Waals surface area contributed by atoms with Crippen LogP contribution in [-0.2, 0) is 0 Å². The van der Waals surface area contributed by atoms with Crippen molar-refractivity contribution in [1.29, 1.82) is 0 Å². The topological polar surface area (TPSA) is 20.2 Å². The summed E-state index contributed by atoms with van der Waals surface area (Å²) in [4.78, 5) is 0. The van der Waals surface area contributed by atoms with Gasteiger partial charge in [0.05, 0.1) is 6.10 Å². The van der Waals surface area contributed by atoms with Gasteiger partial charge in [0.1, 0.15) is 0 Å². The van der Waals surface area contributed by atoms with Gasteiger partial charge < -0.3 is 5.11 Å². The van der Waals surface area contributed by atoms with Crippen molar-refractivity contribution in [3.8, 4) is 0 Å². The van der Waals surface area contributed by atoms with Crippen LogP contribution in [0.3, 0.4) is 0 Å². The van der Waals surface area contributed by atoms with Crippen LogP contribution in [0.2, 0.25) is 0 Å². The second-order valence-corrected chi connectivity index (χ2v) is 6.39. The highest BCUT2D eigenvalue weighted by atomic mass is 16.3. The third kappa shape index (κ3) is 1.56. The van der Waals surface area contributed by atoms with Gasteiger partial charge in [-0.2, -0.15) is 0 Å². The first-order valence-corrected chi connectivity index (χ1v) is 6.26. The minimum atomic E-state index is -0.185. The fraction of sp³-hybridized carbons (Fsp3) is 0.857. The van der Waals surface area contributed by atoms with Gasteiger partial charge >= 0.3 is 0 Å². The van der Waals surface area contributed by atoms with Crippen LogP contribution in [0, 0.1) is 16.7 Å². The molecule has 0 saturated heterocycles. The van der Waals surface area contributed by atoms with Crippen LogP contribution in [0.4, 0.5) is 0 Å². The van der Waals surface area contributed by atoms with Crippen molar-refractivity contribution in [3.05, 3.63) is 11.6 Å². The monoisotopic (exact) mass is 208 g/mol. The maximum absolute atomic E-state index is 10.4. The summed E-state index contributed by atoms with van der Waals surface area (Å²) in [6, 6.07) is 0. The Balaban J connectivity index is 2.10. The molecule has 2 aliphatic carbocycles. The molecule has 1 atom stereocenters. The van der Waals surface area contributed by atoms with E-state index in [2.05, 4.69) is 33.8 Å². The van der Waals surface area contributed by atoms with E-state index in [1.165, 1.54) is 24.8 Å². The van der Waals surface area contributed by atoms with Crippen LogP contribution in [0.25, 0.3) is 0 Å². The summed E-state index contributed by atoms with van der Waals surface area (Å²) in [5, 5.41) is 10.4. The molecule has 1 N–H and O–H groups in total. The fourth-order valence-electron chi connectivity index (χ4n) is 3.38. The average Bonchev–Trinajstić information content (AvgIpc) is 2.58.